The highest BCUT2D eigenvalue weighted by atomic mass is 35.5. The van der Waals surface area contributed by atoms with E-state index in [1.165, 1.54) is 0 Å². The Labute approximate surface area is 275 Å². The summed E-state index contributed by atoms with van der Waals surface area (Å²) in [6.07, 6.45) is -1.87. The van der Waals surface area contributed by atoms with E-state index < -0.39 is 72.1 Å². The second kappa shape index (κ2) is 15.5. The number of benzene rings is 1. The van der Waals surface area contributed by atoms with E-state index in [9.17, 15) is 39.9 Å². The monoisotopic (exact) mass is 680 g/mol. The lowest BCUT2D eigenvalue weighted by Gasteiger charge is -2.37. The van der Waals surface area contributed by atoms with Gasteiger partial charge in [0, 0.05) is 33.2 Å². The van der Waals surface area contributed by atoms with Crippen LogP contribution >= 0.6 is 22.9 Å². The quantitative estimate of drug-likeness (QED) is 0.103. The average molecular weight is 681 g/mol. The molecule has 1 saturated carbocycles. The highest BCUT2D eigenvalue weighted by Gasteiger charge is 2.53. The topological polar surface area (TPSA) is 191 Å². The van der Waals surface area contributed by atoms with Crippen LogP contribution in [0.5, 0.6) is 0 Å². The van der Waals surface area contributed by atoms with Gasteiger partial charge < -0.3 is 40.1 Å². The second-order valence-electron chi connectivity index (χ2n) is 12.4. The lowest BCUT2D eigenvalue weighted by Crippen LogP contribution is -2.60. The van der Waals surface area contributed by atoms with Gasteiger partial charge in [-0.1, -0.05) is 68.0 Å². The van der Waals surface area contributed by atoms with Crippen LogP contribution in [0.1, 0.15) is 50.8 Å². The second-order valence-corrected chi connectivity index (χ2v) is 13.9. The zero-order valence-electron chi connectivity index (χ0n) is 25.6. The fourth-order valence-corrected chi connectivity index (χ4v) is 7.47. The number of allylic oxidation sites excluding steroid dienone is 2. The Morgan fingerprint density at radius 3 is 2.52 bits per heavy atom. The third kappa shape index (κ3) is 8.06. The lowest BCUT2D eigenvalue weighted by molar-refractivity contribution is -0.286. The molecule has 2 aliphatic rings. The summed E-state index contributed by atoms with van der Waals surface area (Å²) in [5, 5.41) is 62.1. The molecule has 2 fully saturated rings. The number of carbonyl (C=O) groups excluding carboxylic acids is 2. The first-order valence-electron chi connectivity index (χ1n) is 15.3. The number of carboxylic acid groups (broad SMARTS) is 1. The van der Waals surface area contributed by atoms with Gasteiger partial charge in [0.15, 0.2) is 6.10 Å². The number of aliphatic hydroxyl groups excluding tert-OH is 5. The molecule has 2 unspecified atom stereocenters. The summed E-state index contributed by atoms with van der Waals surface area (Å²) >= 11 is 8.13. The maximum Gasteiger partial charge on any atom is 0.335 e. The minimum absolute atomic E-state index is 0.0764. The van der Waals surface area contributed by atoms with E-state index in [-0.39, 0.29) is 12.2 Å². The van der Waals surface area contributed by atoms with Crippen molar-refractivity contribution in [2.45, 2.75) is 95.3 Å². The van der Waals surface area contributed by atoms with Crippen LogP contribution < -0.4 is 0 Å². The average Bonchev–Trinajstić information content (AvgIpc) is 3.42. The standard InChI is InChI=1S/C33H41ClO11S/c1-33(2)29(40)18(9-5-3-4-6-12-23(36)44-32-27(39)25(37)26(38)28(45-32)31(42)43)19(30(33)41)15-13-17(35)14-16-22-24(34)20-10-7-8-11-21(20)46-22/h3,5,7-8,10-11,13,15,17-19,25-28,30,32,35,37-39,41H,4,6,9,12,14,16H2,1-2H3,(H,42,43)/t17?,18-,19-,25+,26+,27-,28+,30+,32?/m1/s1. The molecule has 2 aromatic rings. The van der Waals surface area contributed by atoms with Crippen LogP contribution in [0.4, 0.5) is 0 Å². The van der Waals surface area contributed by atoms with Crippen molar-refractivity contribution in [1.82, 2.24) is 0 Å². The van der Waals surface area contributed by atoms with Crippen molar-refractivity contribution in [1.29, 1.82) is 0 Å². The number of hydrogen-bond donors (Lipinski definition) is 6. The van der Waals surface area contributed by atoms with Gasteiger partial charge in [-0.15, -0.1) is 11.3 Å². The molecule has 46 heavy (non-hydrogen) atoms. The Morgan fingerprint density at radius 1 is 1.11 bits per heavy atom. The molecular weight excluding hydrogens is 640 g/mol. The van der Waals surface area contributed by atoms with E-state index in [1.54, 1.807) is 43.4 Å². The normalized spacial score (nSPS) is 30.4. The molecule has 2 heterocycles. The Morgan fingerprint density at radius 2 is 1.83 bits per heavy atom. The summed E-state index contributed by atoms with van der Waals surface area (Å²) in [5.41, 5.74) is -0.957. The predicted molar refractivity (Wildman–Crippen MR) is 170 cm³/mol. The first-order chi connectivity index (χ1) is 21.7. The van der Waals surface area contributed by atoms with E-state index >= 15 is 0 Å². The van der Waals surface area contributed by atoms with Crippen LogP contribution in [-0.4, -0.2) is 91.3 Å². The summed E-state index contributed by atoms with van der Waals surface area (Å²) in [4.78, 5) is 37.6. The van der Waals surface area contributed by atoms with Crippen molar-refractivity contribution in [2.75, 3.05) is 0 Å². The molecule has 1 aromatic heterocycles. The Hall–Kier alpha value is -2.68. The SMILES string of the molecule is CC1(C)C(=O)[C@H](CC=CCCCC(=O)OC2O[C@H](C(=O)O)[C@@H](O)[C@H](O)[C@H]2O)[C@@H](C=CC(O)CCc2sc3ccccc3c2Cl)[C@@H]1O. The number of unbranched alkanes of at least 4 members (excludes halogenated alkanes) is 1. The highest BCUT2D eigenvalue weighted by Crippen LogP contribution is 2.45. The predicted octanol–water partition coefficient (Wildman–Crippen LogP) is 3.16. The van der Waals surface area contributed by atoms with Crippen molar-refractivity contribution in [3.63, 3.8) is 0 Å². The lowest BCUT2D eigenvalue weighted by atomic mass is 9.86. The van der Waals surface area contributed by atoms with Crippen LogP contribution in [0.2, 0.25) is 5.02 Å². The number of aliphatic carboxylic acids is 1. The van der Waals surface area contributed by atoms with E-state index in [0.29, 0.717) is 37.1 Å². The number of hydrogen-bond acceptors (Lipinski definition) is 11. The van der Waals surface area contributed by atoms with Crippen molar-refractivity contribution < 1.29 is 54.5 Å². The molecule has 0 spiro atoms. The number of thiophene rings is 1. The van der Waals surface area contributed by atoms with Gasteiger partial charge in [-0.3, -0.25) is 9.59 Å². The number of carbonyl (C=O) groups is 3. The first kappa shape index (κ1) is 36.2. The smallest absolute Gasteiger partial charge is 0.335 e. The largest absolute Gasteiger partial charge is 0.479 e. The molecule has 13 heteroatoms. The third-order valence-electron chi connectivity index (χ3n) is 8.73. The van der Waals surface area contributed by atoms with Crippen LogP contribution in [0, 0.1) is 17.3 Å². The van der Waals surface area contributed by atoms with Gasteiger partial charge in [0.25, 0.3) is 0 Å². The number of carboxylic acids is 1. The summed E-state index contributed by atoms with van der Waals surface area (Å²) < 4.78 is 11.0. The molecule has 4 rings (SSSR count). The van der Waals surface area contributed by atoms with Gasteiger partial charge in [-0.2, -0.15) is 0 Å². The van der Waals surface area contributed by atoms with Gasteiger partial charge in [0.2, 0.25) is 6.29 Å². The van der Waals surface area contributed by atoms with Crippen molar-refractivity contribution in [2.24, 2.45) is 17.3 Å². The number of esters is 1. The molecule has 11 nitrogen and oxygen atoms in total. The molecule has 0 radical (unpaired) electrons. The summed E-state index contributed by atoms with van der Waals surface area (Å²) in [5.74, 6) is -3.44. The molecular formula is C33H41ClO11S. The molecule has 1 aliphatic heterocycles. The van der Waals surface area contributed by atoms with Gasteiger partial charge in [-0.25, -0.2) is 4.79 Å². The number of ether oxygens (including phenoxy) is 2. The maximum atomic E-state index is 13.2. The minimum atomic E-state index is -1.89. The fourth-order valence-electron chi connectivity index (χ4n) is 5.92. The van der Waals surface area contributed by atoms with Crippen molar-refractivity contribution in [3.05, 3.63) is 58.5 Å². The van der Waals surface area contributed by atoms with Gasteiger partial charge in [0.05, 0.1) is 22.6 Å². The Bertz CT molecular complexity index is 1450. The Balaban J connectivity index is 1.26. The summed E-state index contributed by atoms with van der Waals surface area (Å²) in [6, 6.07) is 7.86. The van der Waals surface area contributed by atoms with Crippen molar-refractivity contribution in [3.8, 4) is 0 Å². The number of ketones is 1. The summed E-state index contributed by atoms with van der Waals surface area (Å²) in [6.45, 7) is 3.42. The van der Waals surface area contributed by atoms with Gasteiger partial charge in [-0.05, 0) is 38.2 Å². The van der Waals surface area contributed by atoms with Crippen LogP contribution in [0.25, 0.3) is 10.1 Å². The molecule has 6 N–H and O–H groups in total. The van der Waals surface area contributed by atoms with Crippen molar-refractivity contribution >= 4 is 50.7 Å². The number of aryl methyl sites for hydroxylation is 1. The van der Waals surface area contributed by atoms with Crippen LogP contribution in [0.3, 0.4) is 0 Å². The van der Waals surface area contributed by atoms with Gasteiger partial charge in [0.1, 0.15) is 24.1 Å². The van der Waals surface area contributed by atoms with Crippen LogP contribution in [0.15, 0.2) is 48.6 Å². The fraction of sp³-hybridized carbons (Fsp3) is 0.545. The highest BCUT2D eigenvalue weighted by molar-refractivity contribution is 7.19. The number of Topliss-reactive ketones (excluding diaryl/α,β-unsaturated/α-hetero) is 1. The van der Waals surface area contributed by atoms with Gasteiger partial charge >= 0.3 is 11.9 Å². The number of rotatable bonds is 13. The molecule has 0 bridgehead atoms. The van der Waals surface area contributed by atoms with Crippen LogP contribution in [-0.2, 0) is 30.3 Å². The third-order valence-corrected chi connectivity index (χ3v) is 10.5. The molecule has 252 valence electrons. The first-order valence-corrected chi connectivity index (χ1v) is 16.4. The van der Waals surface area contributed by atoms with E-state index in [1.807, 2.05) is 30.3 Å². The number of fused-ring (bicyclic) bond motifs is 1. The Kier molecular flexibility index (Phi) is 12.2. The van der Waals surface area contributed by atoms with E-state index in [4.69, 9.17) is 26.2 Å². The number of aliphatic hydroxyl groups is 5. The minimum Gasteiger partial charge on any atom is -0.479 e. The molecule has 0 amide bonds. The zero-order chi connectivity index (χ0) is 33.8. The zero-order valence-corrected chi connectivity index (χ0v) is 27.1. The molecule has 9 atom stereocenters. The molecule has 1 saturated heterocycles. The molecule has 1 aliphatic carbocycles. The molecule has 1 aromatic carbocycles. The van der Waals surface area contributed by atoms with E-state index in [0.717, 1.165) is 15.0 Å². The summed E-state index contributed by atoms with van der Waals surface area (Å²) in [7, 11) is 0. The van der Waals surface area contributed by atoms with E-state index in [2.05, 4.69) is 0 Å². The number of halogens is 1. The maximum absolute atomic E-state index is 13.2.